The van der Waals surface area contributed by atoms with Gasteiger partial charge in [0.05, 0.1) is 5.52 Å². The Bertz CT molecular complexity index is 554. The SMILES string of the molecule is CC(C)C(CCN)c1ccc2[nH]c(=O)oc2c1. The molecule has 1 heterocycles. The third-order valence-electron chi connectivity index (χ3n) is 3.16. The number of hydrogen-bond donors (Lipinski definition) is 2. The molecule has 92 valence electrons. The predicted molar refractivity (Wildman–Crippen MR) is 68.1 cm³/mol. The van der Waals surface area contributed by atoms with Crippen molar-refractivity contribution in [1.82, 2.24) is 4.98 Å². The first kappa shape index (κ1) is 11.9. The third kappa shape index (κ3) is 2.42. The molecule has 0 aliphatic rings. The Morgan fingerprint density at radius 1 is 1.41 bits per heavy atom. The number of H-pyrrole nitrogens is 1. The van der Waals surface area contributed by atoms with E-state index in [9.17, 15) is 4.79 Å². The van der Waals surface area contributed by atoms with Gasteiger partial charge in [0, 0.05) is 0 Å². The topological polar surface area (TPSA) is 72.0 Å². The molecule has 1 aromatic carbocycles. The molecule has 3 N–H and O–H groups in total. The van der Waals surface area contributed by atoms with E-state index in [4.69, 9.17) is 10.2 Å². The Hall–Kier alpha value is -1.55. The Labute approximate surface area is 99.8 Å². The van der Waals surface area contributed by atoms with Crippen LogP contribution < -0.4 is 11.5 Å². The maximum absolute atomic E-state index is 11.1. The number of fused-ring (bicyclic) bond motifs is 1. The fraction of sp³-hybridized carbons (Fsp3) is 0.462. The number of hydrogen-bond acceptors (Lipinski definition) is 3. The molecule has 0 bridgehead atoms. The summed E-state index contributed by atoms with van der Waals surface area (Å²) < 4.78 is 5.07. The average Bonchev–Trinajstić information content (AvgIpc) is 2.64. The van der Waals surface area contributed by atoms with Crippen LogP contribution in [0.4, 0.5) is 0 Å². The van der Waals surface area contributed by atoms with Gasteiger partial charge in [0.25, 0.3) is 0 Å². The van der Waals surface area contributed by atoms with Crippen LogP contribution in [0.1, 0.15) is 31.7 Å². The van der Waals surface area contributed by atoms with Gasteiger partial charge in [-0.05, 0) is 42.5 Å². The van der Waals surface area contributed by atoms with Crippen LogP contribution in [0.15, 0.2) is 27.4 Å². The van der Waals surface area contributed by atoms with E-state index in [1.807, 2.05) is 18.2 Å². The summed E-state index contributed by atoms with van der Waals surface area (Å²) in [5, 5.41) is 0. The zero-order valence-electron chi connectivity index (χ0n) is 10.2. The molecule has 0 spiro atoms. The van der Waals surface area contributed by atoms with Crippen molar-refractivity contribution in [3.05, 3.63) is 34.3 Å². The first-order chi connectivity index (χ1) is 8.11. The van der Waals surface area contributed by atoms with Crippen molar-refractivity contribution < 1.29 is 4.42 Å². The van der Waals surface area contributed by atoms with Gasteiger partial charge < -0.3 is 10.2 Å². The predicted octanol–water partition coefficient (Wildman–Crippen LogP) is 2.21. The molecule has 1 unspecified atom stereocenters. The van der Waals surface area contributed by atoms with Crippen molar-refractivity contribution in [2.45, 2.75) is 26.2 Å². The van der Waals surface area contributed by atoms with Crippen LogP contribution in [0.3, 0.4) is 0 Å². The molecule has 0 aliphatic carbocycles. The van der Waals surface area contributed by atoms with E-state index in [0.29, 0.717) is 24.0 Å². The van der Waals surface area contributed by atoms with E-state index in [1.54, 1.807) is 0 Å². The smallest absolute Gasteiger partial charge is 0.408 e. The molecule has 2 rings (SSSR count). The molecule has 0 radical (unpaired) electrons. The van der Waals surface area contributed by atoms with Crippen molar-refractivity contribution in [2.75, 3.05) is 6.54 Å². The minimum atomic E-state index is -0.405. The second kappa shape index (κ2) is 4.75. The van der Waals surface area contributed by atoms with Gasteiger partial charge in [-0.15, -0.1) is 0 Å². The maximum Gasteiger partial charge on any atom is 0.417 e. The summed E-state index contributed by atoms with van der Waals surface area (Å²) in [7, 11) is 0. The van der Waals surface area contributed by atoms with E-state index in [-0.39, 0.29) is 0 Å². The van der Waals surface area contributed by atoms with Crippen molar-refractivity contribution in [2.24, 2.45) is 11.7 Å². The molecule has 1 atom stereocenters. The van der Waals surface area contributed by atoms with E-state index in [2.05, 4.69) is 18.8 Å². The second-order valence-electron chi connectivity index (χ2n) is 4.70. The van der Waals surface area contributed by atoms with Gasteiger partial charge in [-0.3, -0.25) is 4.98 Å². The average molecular weight is 234 g/mol. The van der Waals surface area contributed by atoms with Gasteiger partial charge in [0.15, 0.2) is 5.58 Å². The summed E-state index contributed by atoms with van der Waals surface area (Å²) in [4.78, 5) is 13.7. The minimum Gasteiger partial charge on any atom is -0.408 e. The number of aromatic amines is 1. The Kier molecular flexibility index (Phi) is 3.33. The molecular formula is C13H18N2O2. The molecule has 4 heteroatoms. The van der Waals surface area contributed by atoms with Crippen molar-refractivity contribution in [1.29, 1.82) is 0 Å². The molecule has 4 nitrogen and oxygen atoms in total. The number of aromatic nitrogens is 1. The van der Waals surface area contributed by atoms with Gasteiger partial charge in [0.1, 0.15) is 0 Å². The Morgan fingerprint density at radius 2 is 2.18 bits per heavy atom. The molecule has 0 aliphatic heterocycles. The summed E-state index contributed by atoms with van der Waals surface area (Å²) in [6, 6.07) is 5.86. The number of oxazole rings is 1. The molecular weight excluding hydrogens is 216 g/mol. The monoisotopic (exact) mass is 234 g/mol. The highest BCUT2D eigenvalue weighted by Gasteiger charge is 2.16. The van der Waals surface area contributed by atoms with Crippen LogP contribution in [-0.4, -0.2) is 11.5 Å². The van der Waals surface area contributed by atoms with Crippen LogP contribution in [0.2, 0.25) is 0 Å². The number of nitrogens with two attached hydrogens (primary N) is 1. The van der Waals surface area contributed by atoms with E-state index >= 15 is 0 Å². The zero-order chi connectivity index (χ0) is 12.4. The summed E-state index contributed by atoms with van der Waals surface area (Å²) >= 11 is 0. The largest absolute Gasteiger partial charge is 0.417 e. The molecule has 1 aromatic heterocycles. The molecule has 0 amide bonds. The molecule has 0 fully saturated rings. The van der Waals surface area contributed by atoms with Gasteiger partial charge in [-0.25, -0.2) is 4.79 Å². The standard InChI is InChI=1S/C13H18N2O2/c1-8(2)10(5-6-14)9-3-4-11-12(7-9)17-13(16)15-11/h3-4,7-8,10H,5-6,14H2,1-2H3,(H,15,16). The second-order valence-corrected chi connectivity index (χ2v) is 4.70. The van der Waals surface area contributed by atoms with Crippen LogP contribution in [0, 0.1) is 5.92 Å². The lowest BCUT2D eigenvalue weighted by molar-refractivity contribution is 0.472. The molecule has 0 saturated heterocycles. The zero-order valence-corrected chi connectivity index (χ0v) is 10.2. The summed E-state index contributed by atoms with van der Waals surface area (Å²) in [6.07, 6.45) is 0.942. The molecule has 17 heavy (non-hydrogen) atoms. The third-order valence-corrected chi connectivity index (χ3v) is 3.16. The number of nitrogens with one attached hydrogen (secondary N) is 1. The van der Waals surface area contributed by atoms with Gasteiger partial charge in [-0.2, -0.15) is 0 Å². The number of rotatable bonds is 4. The van der Waals surface area contributed by atoms with Crippen molar-refractivity contribution in [3.63, 3.8) is 0 Å². The quantitative estimate of drug-likeness (QED) is 0.851. The highest BCUT2D eigenvalue weighted by atomic mass is 16.4. The van der Waals surface area contributed by atoms with Crippen molar-refractivity contribution >= 4 is 11.1 Å². The van der Waals surface area contributed by atoms with Crippen molar-refractivity contribution in [3.8, 4) is 0 Å². The molecule has 2 aromatic rings. The lowest BCUT2D eigenvalue weighted by Gasteiger charge is -2.20. The summed E-state index contributed by atoms with van der Waals surface area (Å²) in [5.41, 5.74) is 8.19. The van der Waals surface area contributed by atoms with E-state index in [1.165, 1.54) is 5.56 Å². The van der Waals surface area contributed by atoms with E-state index in [0.717, 1.165) is 11.9 Å². The van der Waals surface area contributed by atoms with Crippen LogP contribution in [0.5, 0.6) is 0 Å². The fourth-order valence-corrected chi connectivity index (χ4v) is 2.26. The van der Waals surface area contributed by atoms with Gasteiger partial charge >= 0.3 is 5.76 Å². The lowest BCUT2D eigenvalue weighted by atomic mass is 9.86. The first-order valence-electron chi connectivity index (χ1n) is 5.94. The lowest BCUT2D eigenvalue weighted by Crippen LogP contribution is -2.12. The Morgan fingerprint density at radius 3 is 2.82 bits per heavy atom. The van der Waals surface area contributed by atoms with Gasteiger partial charge in [0.2, 0.25) is 0 Å². The van der Waals surface area contributed by atoms with Crippen LogP contribution in [-0.2, 0) is 0 Å². The summed E-state index contributed by atoms with van der Waals surface area (Å²) in [6.45, 7) is 5.02. The number of benzene rings is 1. The normalized spacial score (nSPS) is 13.4. The van der Waals surface area contributed by atoms with E-state index < -0.39 is 5.76 Å². The Balaban J connectivity index is 2.42. The summed E-state index contributed by atoms with van der Waals surface area (Å²) in [5.74, 6) is 0.517. The fourth-order valence-electron chi connectivity index (χ4n) is 2.26. The highest BCUT2D eigenvalue weighted by molar-refractivity contribution is 5.72. The van der Waals surface area contributed by atoms with Crippen LogP contribution in [0.25, 0.3) is 11.1 Å². The van der Waals surface area contributed by atoms with Crippen LogP contribution >= 0.6 is 0 Å². The van der Waals surface area contributed by atoms with Gasteiger partial charge in [-0.1, -0.05) is 19.9 Å². The minimum absolute atomic E-state index is 0.405. The molecule has 0 saturated carbocycles. The first-order valence-corrected chi connectivity index (χ1v) is 5.94. The maximum atomic E-state index is 11.1. The highest BCUT2D eigenvalue weighted by Crippen LogP contribution is 2.29.